The van der Waals surface area contributed by atoms with Crippen molar-refractivity contribution in [1.29, 1.82) is 0 Å². The molecule has 0 unspecified atom stereocenters. The topological polar surface area (TPSA) is 49.8 Å². The second-order valence-electron chi connectivity index (χ2n) is 8.04. The lowest BCUT2D eigenvalue weighted by Crippen LogP contribution is -2.45. The van der Waals surface area contributed by atoms with E-state index in [1.165, 1.54) is 11.6 Å². The summed E-state index contributed by atoms with van der Waals surface area (Å²) in [5, 5.41) is 4.14. The number of rotatable bonds is 6. The number of halogens is 3. The highest BCUT2D eigenvalue weighted by atomic mass is 19.4. The normalized spacial score (nSPS) is 15.6. The zero-order valence-electron chi connectivity index (χ0n) is 18.3. The summed E-state index contributed by atoms with van der Waals surface area (Å²) >= 11 is 0. The van der Waals surface area contributed by atoms with E-state index in [4.69, 9.17) is 4.74 Å². The summed E-state index contributed by atoms with van der Waals surface area (Å²) in [5.74, 6) is 0.879. The summed E-state index contributed by atoms with van der Waals surface area (Å²) in [4.78, 5) is 6.12. The summed E-state index contributed by atoms with van der Waals surface area (Å²) in [7, 11) is 1.60. The predicted molar refractivity (Wildman–Crippen MR) is 119 cm³/mol. The SMILES string of the molecule is CCCN1c2cc(OC)c(/C=N/Nc3ccc(C(F)(F)F)cn3)cc2C(C)=CC1(C)C. The summed E-state index contributed by atoms with van der Waals surface area (Å²) in [5.41, 5.74) is 5.89. The fourth-order valence-corrected chi connectivity index (χ4v) is 3.83. The van der Waals surface area contributed by atoms with E-state index < -0.39 is 11.7 Å². The number of fused-ring (bicyclic) bond motifs is 1. The lowest BCUT2D eigenvalue weighted by Gasteiger charge is -2.43. The molecule has 1 aliphatic heterocycles. The molecule has 0 amide bonds. The minimum Gasteiger partial charge on any atom is -0.496 e. The minimum atomic E-state index is -4.42. The van der Waals surface area contributed by atoms with E-state index in [0.717, 1.165) is 42.0 Å². The average molecular weight is 432 g/mol. The van der Waals surface area contributed by atoms with Crippen molar-refractivity contribution in [3.63, 3.8) is 0 Å². The van der Waals surface area contributed by atoms with E-state index in [1.54, 1.807) is 13.3 Å². The summed E-state index contributed by atoms with van der Waals surface area (Å²) in [6, 6.07) is 6.23. The van der Waals surface area contributed by atoms with Gasteiger partial charge in [-0.25, -0.2) is 4.98 Å². The quantitative estimate of drug-likeness (QED) is 0.452. The molecule has 2 aromatic rings. The van der Waals surface area contributed by atoms with Gasteiger partial charge < -0.3 is 9.64 Å². The van der Waals surface area contributed by atoms with Gasteiger partial charge in [-0.1, -0.05) is 13.0 Å². The number of aromatic nitrogens is 1. The lowest BCUT2D eigenvalue weighted by atomic mass is 9.87. The Morgan fingerprint density at radius 1 is 1.26 bits per heavy atom. The Balaban J connectivity index is 1.88. The molecular formula is C23H27F3N4O. The van der Waals surface area contributed by atoms with Gasteiger partial charge in [0, 0.05) is 35.6 Å². The number of nitrogens with zero attached hydrogens (tertiary/aromatic N) is 3. The predicted octanol–water partition coefficient (Wildman–Crippen LogP) is 5.97. The number of alkyl halides is 3. The molecule has 1 aliphatic rings. The maximum atomic E-state index is 12.7. The molecule has 0 aliphatic carbocycles. The van der Waals surface area contributed by atoms with Gasteiger partial charge in [0.05, 0.1) is 24.4 Å². The van der Waals surface area contributed by atoms with E-state index in [2.05, 4.69) is 54.2 Å². The molecule has 1 aromatic carbocycles. The summed E-state index contributed by atoms with van der Waals surface area (Å²) < 4.78 is 43.6. The summed E-state index contributed by atoms with van der Waals surface area (Å²) in [6.07, 6.45) is 1.20. The van der Waals surface area contributed by atoms with Crippen LogP contribution in [0.15, 0.2) is 41.6 Å². The van der Waals surface area contributed by atoms with Gasteiger partial charge in [-0.15, -0.1) is 0 Å². The Morgan fingerprint density at radius 2 is 2.00 bits per heavy atom. The molecule has 1 N–H and O–H groups in total. The summed E-state index contributed by atoms with van der Waals surface area (Å²) in [6.45, 7) is 9.54. The Kier molecular flexibility index (Phi) is 6.29. The number of anilines is 2. The van der Waals surface area contributed by atoms with Gasteiger partial charge in [0.1, 0.15) is 11.6 Å². The van der Waals surface area contributed by atoms with E-state index >= 15 is 0 Å². The van der Waals surface area contributed by atoms with Crippen LogP contribution in [0, 0.1) is 0 Å². The molecular weight excluding hydrogens is 405 g/mol. The van der Waals surface area contributed by atoms with Crippen LogP contribution in [0.3, 0.4) is 0 Å². The van der Waals surface area contributed by atoms with Gasteiger partial charge in [0.25, 0.3) is 0 Å². The van der Waals surface area contributed by atoms with Gasteiger partial charge in [0.2, 0.25) is 0 Å². The third-order valence-electron chi connectivity index (χ3n) is 5.25. The molecule has 166 valence electrons. The molecule has 0 atom stereocenters. The third kappa shape index (κ3) is 4.84. The molecule has 0 saturated carbocycles. The van der Waals surface area contributed by atoms with Crippen molar-refractivity contribution >= 4 is 23.3 Å². The van der Waals surface area contributed by atoms with E-state index in [1.807, 2.05) is 12.1 Å². The van der Waals surface area contributed by atoms with Crippen molar-refractivity contribution in [1.82, 2.24) is 4.98 Å². The van der Waals surface area contributed by atoms with Crippen molar-refractivity contribution in [3.8, 4) is 5.75 Å². The maximum absolute atomic E-state index is 12.7. The Bertz CT molecular complexity index is 995. The zero-order chi connectivity index (χ0) is 22.8. The van der Waals surface area contributed by atoms with Crippen molar-refractivity contribution in [2.75, 3.05) is 24.0 Å². The first kappa shape index (κ1) is 22.7. The number of benzene rings is 1. The first-order chi connectivity index (χ1) is 14.6. The van der Waals surface area contributed by atoms with Crippen LogP contribution in [0.1, 0.15) is 50.8 Å². The first-order valence-corrected chi connectivity index (χ1v) is 10.1. The molecule has 0 radical (unpaired) electrons. The lowest BCUT2D eigenvalue weighted by molar-refractivity contribution is -0.137. The number of hydrogen-bond acceptors (Lipinski definition) is 5. The third-order valence-corrected chi connectivity index (χ3v) is 5.25. The number of hydrazone groups is 1. The van der Waals surface area contributed by atoms with Crippen LogP contribution in [0.25, 0.3) is 5.57 Å². The number of pyridine rings is 1. The number of ether oxygens (including phenoxy) is 1. The minimum absolute atomic E-state index is 0.108. The smallest absolute Gasteiger partial charge is 0.417 e. The van der Waals surface area contributed by atoms with Crippen LogP contribution in [0.4, 0.5) is 24.7 Å². The molecule has 31 heavy (non-hydrogen) atoms. The number of hydrogen-bond donors (Lipinski definition) is 1. The second-order valence-corrected chi connectivity index (χ2v) is 8.04. The van der Waals surface area contributed by atoms with Crippen molar-refractivity contribution in [3.05, 3.63) is 53.2 Å². The van der Waals surface area contributed by atoms with Crippen LogP contribution in [0.5, 0.6) is 5.75 Å². The highest BCUT2D eigenvalue weighted by Gasteiger charge is 2.32. The maximum Gasteiger partial charge on any atom is 0.417 e. The Labute approximate surface area is 180 Å². The van der Waals surface area contributed by atoms with Gasteiger partial charge in [-0.3, -0.25) is 5.43 Å². The van der Waals surface area contributed by atoms with E-state index in [0.29, 0.717) is 5.75 Å². The molecule has 1 aromatic heterocycles. The van der Waals surface area contributed by atoms with Gasteiger partial charge in [-0.05, 0) is 51.0 Å². The molecule has 0 spiro atoms. The highest BCUT2D eigenvalue weighted by molar-refractivity contribution is 5.91. The second kappa shape index (κ2) is 8.61. The van der Waals surface area contributed by atoms with Crippen LogP contribution < -0.4 is 15.1 Å². The molecule has 5 nitrogen and oxygen atoms in total. The van der Waals surface area contributed by atoms with Gasteiger partial charge >= 0.3 is 6.18 Å². The van der Waals surface area contributed by atoms with Crippen LogP contribution in [-0.2, 0) is 6.18 Å². The Hall–Kier alpha value is -3.03. The van der Waals surface area contributed by atoms with E-state index in [-0.39, 0.29) is 11.4 Å². The molecule has 3 rings (SSSR count). The van der Waals surface area contributed by atoms with Crippen LogP contribution >= 0.6 is 0 Å². The monoisotopic (exact) mass is 432 g/mol. The van der Waals surface area contributed by atoms with E-state index in [9.17, 15) is 13.2 Å². The standard InChI is InChI=1S/C23H27F3N4O/c1-6-9-30-19-11-20(31-5)16(10-18(19)15(2)12-22(30,3)4)13-28-29-21-8-7-17(14-27-21)23(24,25)26/h7-8,10-14H,6,9H2,1-5H3,(H,27,29)/b28-13+. The van der Waals surface area contributed by atoms with Gasteiger partial charge in [0.15, 0.2) is 0 Å². The highest BCUT2D eigenvalue weighted by Crippen LogP contribution is 2.42. The van der Waals surface area contributed by atoms with Crippen molar-refractivity contribution in [2.45, 2.75) is 45.8 Å². The number of methoxy groups -OCH3 is 1. The molecule has 8 heteroatoms. The number of nitrogens with one attached hydrogen (secondary N) is 1. The first-order valence-electron chi connectivity index (χ1n) is 10.1. The largest absolute Gasteiger partial charge is 0.496 e. The fraction of sp³-hybridized carbons (Fsp3) is 0.391. The number of allylic oxidation sites excluding steroid dienone is 1. The zero-order valence-corrected chi connectivity index (χ0v) is 18.3. The Morgan fingerprint density at radius 3 is 2.58 bits per heavy atom. The molecule has 2 heterocycles. The fourth-order valence-electron chi connectivity index (χ4n) is 3.83. The molecule has 0 saturated heterocycles. The molecule has 0 bridgehead atoms. The molecule has 0 fully saturated rings. The van der Waals surface area contributed by atoms with Crippen molar-refractivity contribution < 1.29 is 17.9 Å². The van der Waals surface area contributed by atoms with Crippen LogP contribution in [0.2, 0.25) is 0 Å². The average Bonchev–Trinajstić information content (AvgIpc) is 2.70. The van der Waals surface area contributed by atoms with Crippen LogP contribution in [-0.4, -0.2) is 30.4 Å². The van der Waals surface area contributed by atoms with Gasteiger partial charge in [-0.2, -0.15) is 18.3 Å². The van der Waals surface area contributed by atoms with Crippen molar-refractivity contribution in [2.24, 2.45) is 5.10 Å².